The molecule has 0 aliphatic carbocycles. The molecule has 3 unspecified atom stereocenters. The molecule has 0 aromatic rings. The summed E-state index contributed by atoms with van der Waals surface area (Å²) in [5, 5.41) is 0. The molecule has 2 nitrogen and oxygen atoms in total. The third-order valence-corrected chi connectivity index (χ3v) is 4.60. The van der Waals surface area contributed by atoms with Crippen molar-refractivity contribution in [1.82, 2.24) is 4.90 Å². The molecule has 0 aromatic heterocycles. The zero-order valence-electron chi connectivity index (χ0n) is 11.1. The van der Waals surface area contributed by atoms with Gasteiger partial charge in [0.1, 0.15) is 0 Å². The van der Waals surface area contributed by atoms with E-state index in [1.54, 1.807) is 0 Å². The van der Waals surface area contributed by atoms with Gasteiger partial charge in [0.15, 0.2) is 0 Å². The molecule has 0 bridgehead atoms. The van der Waals surface area contributed by atoms with Gasteiger partial charge in [0, 0.05) is 24.7 Å². The second-order valence-electron chi connectivity index (χ2n) is 4.96. The Balaban J connectivity index is 2.48. The number of thioether (sulfide) groups is 1. The fourth-order valence-corrected chi connectivity index (χ4v) is 3.47. The summed E-state index contributed by atoms with van der Waals surface area (Å²) in [6, 6.07) is 2.15. The van der Waals surface area contributed by atoms with E-state index in [0.29, 0.717) is 6.04 Å². The fourth-order valence-electron chi connectivity index (χ4n) is 3.02. The van der Waals surface area contributed by atoms with E-state index in [4.69, 9.17) is 5.73 Å². The molecule has 1 saturated heterocycles. The lowest BCUT2D eigenvalue weighted by Crippen LogP contribution is -2.46. The maximum absolute atomic E-state index is 5.97. The van der Waals surface area contributed by atoms with Crippen LogP contribution in [0.15, 0.2) is 0 Å². The molecule has 3 atom stereocenters. The van der Waals surface area contributed by atoms with E-state index in [9.17, 15) is 0 Å². The van der Waals surface area contributed by atoms with E-state index in [1.165, 1.54) is 37.9 Å². The Morgan fingerprint density at radius 2 is 2.19 bits per heavy atom. The van der Waals surface area contributed by atoms with Gasteiger partial charge in [-0.25, -0.2) is 0 Å². The van der Waals surface area contributed by atoms with Crippen LogP contribution in [-0.4, -0.2) is 41.6 Å². The summed E-state index contributed by atoms with van der Waals surface area (Å²) in [6.07, 6.45) is 8.78. The van der Waals surface area contributed by atoms with Crippen LogP contribution in [0.4, 0.5) is 0 Å². The highest BCUT2D eigenvalue weighted by Crippen LogP contribution is 2.29. The molecule has 0 saturated carbocycles. The highest BCUT2D eigenvalue weighted by molar-refractivity contribution is 7.98. The quantitative estimate of drug-likeness (QED) is 0.698. The number of nitrogens with two attached hydrogens (primary N) is 1. The molecule has 0 amide bonds. The van der Waals surface area contributed by atoms with Gasteiger partial charge in [-0.2, -0.15) is 11.8 Å². The molecule has 1 heterocycles. The van der Waals surface area contributed by atoms with Crippen LogP contribution < -0.4 is 5.73 Å². The maximum Gasteiger partial charge on any atom is 0.0224 e. The molecule has 0 radical (unpaired) electrons. The molecule has 1 rings (SSSR count). The Morgan fingerprint density at radius 3 is 2.75 bits per heavy atom. The van der Waals surface area contributed by atoms with Crippen molar-refractivity contribution in [2.75, 3.05) is 18.6 Å². The summed E-state index contributed by atoms with van der Waals surface area (Å²) in [6.45, 7) is 5.51. The van der Waals surface area contributed by atoms with E-state index in [2.05, 4.69) is 25.0 Å². The van der Waals surface area contributed by atoms with E-state index < -0.39 is 0 Å². The van der Waals surface area contributed by atoms with E-state index in [1.807, 2.05) is 11.8 Å². The first-order valence-corrected chi connectivity index (χ1v) is 8.10. The first kappa shape index (κ1) is 14.3. The van der Waals surface area contributed by atoms with Crippen molar-refractivity contribution >= 4 is 11.8 Å². The molecule has 96 valence electrons. The zero-order chi connectivity index (χ0) is 12.0. The summed E-state index contributed by atoms with van der Waals surface area (Å²) in [5.74, 6) is 1.27. The molecule has 3 heteroatoms. The summed E-state index contributed by atoms with van der Waals surface area (Å²) >= 11 is 1.94. The molecule has 0 aromatic carbocycles. The van der Waals surface area contributed by atoms with Gasteiger partial charge in [-0.05, 0) is 51.0 Å². The van der Waals surface area contributed by atoms with Crippen LogP contribution >= 0.6 is 11.8 Å². The first-order valence-electron chi connectivity index (χ1n) is 6.71. The fraction of sp³-hybridized carbons (Fsp3) is 1.00. The van der Waals surface area contributed by atoms with Crippen molar-refractivity contribution in [2.24, 2.45) is 5.73 Å². The van der Waals surface area contributed by atoms with E-state index in [-0.39, 0.29) is 0 Å². The normalized spacial score (nSPS) is 28.5. The van der Waals surface area contributed by atoms with Crippen molar-refractivity contribution in [2.45, 2.75) is 64.1 Å². The Labute approximate surface area is 105 Å². The summed E-state index contributed by atoms with van der Waals surface area (Å²) in [5.41, 5.74) is 5.97. The lowest BCUT2D eigenvalue weighted by atomic mass is 10.1. The van der Waals surface area contributed by atoms with Crippen LogP contribution in [0, 0.1) is 0 Å². The lowest BCUT2D eigenvalue weighted by molar-refractivity contribution is 0.129. The third-order valence-electron chi connectivity index (χ3n) is 3.90. The van der Waals surface area contributed by atoms with Gasteiger partial charge in [-0.15, -0.1) is 0 Å². The van der Waals surface area contributed by atoms with Crippen LogP contribution in [-0.2, 0) is 0 Å². The first-order chi connectivity index (χ1) is 7.74. The highest BCUT2D eigenvalue weighted by atomic mass is 32.2. The van der Waals surface area contributed by atoms with E-state index >= 15 is 0 Å². The van der Waals surface area contributed by atoms with Crippen molar-refractivity contribution in [3.05, 3.63) is 0 Å². The molecular weight excluding hydrogens is 216 g/mol. The summed E-state index contributed by atoms with van der Waals surface area (Å²) in [7, 11) is 0. The molecular formula is C13H28N2S. The standard InChI is InChI=1S/C13H28N2S/c1-4-12-8-7-11(2)15(12)13(10-14)6-5-9-16-3/h11-13H,4-10,14H2,1-3H3. The number of hydrogen-bond acceptors (Lipinski definition) is 3. The zero-order valence-corrected chi connectivity index (χ0v) is 11.9. The highest BCUT2D eigenvalue weighted by Gasteiger charge is 2.33. The topological polar surface area (TPSA) is 29.3 Å². The van der Waals surface area contributed by atoms with Gasteiger partial charge in [-0.3, -0.25) is 4.90 Å². The number of rotatable bonds is 7. The Morgan fingerprint density at radius 1 is 1.44 bits per heavy atom. The molecule has 1 aliphatic rings. The Hall–Kier alpha value is 0.270. The maximum atomic E-state index is 5.97. The minimum absolute atomic E-state index is 0.620. The molecule has 1 aliphatic heterocycles. The van der Waals surface area contributed by atoms with Crippen molar-refractivity contribution in [1.29, 1.82) is 0 Å². The largest absolute Gasteiger partial charge is 0.329 e. The molecule has 16 heavy (non-hydrogen) atoms. The average Bonchev–Trinajstić information content (AvgIpc) is 2.66. The Bertz CT molecular complexity index is 187. The van der Waals surface area contributed by atoms with Crippen LogP contribution in [0.2, 0.25) is 0 Å². The summed E-state index contributed by atoms with van der Waals surface area (Å²) < 4.78 is 0. The minimum Gasteiger partial charge on any atom is -0.329 e. The Kier molecular flexibility index (Phi) is 6.78. The van der Waals surface area contributed by atoms with Crippen LogP contribution in [0.3, 0.4) is 0 Å². The van der Waals surface area contributed by atoms with Crippen LogP contribution in [0.25, 0.3) is 0 Å². The second-order valence-corrected chi connectivity index (χ2v) is 5.95. The molecule has 1 fully saturated rings. The number of nitrogens with zero attached hydrogens (tertiary/aromatic N) is 1. The van der Waals surface area contributed by atoms with Gasteiger partial charge < -0.3 is 5.73 Å². The monoisotopic (exact) mass is 244 g/mol. The van der Waals surface area contributed by atoms with Crippen LogP contribution in [0.1, 0.15) is 46.0 Å². The molecule has 0 spiro atoms. The predicted molar refractivity (Wildman–Crippen MR) is 75.1 cm³/mol. The minimum atomic E-state index is 0.620. The number of likely N-dealkylation sites (tertiary alicyclic amines) is 1. The lowest BCUT2D eigenvalue weighted by Gasteiger charge is -2.35. The smallest absolute Gasteiger partial charge is 0.0224 e. The van der Waals surface area contributed by atoms with Gasteiger partial charge in [-0.1, -0.05) is 6.92 Å². The second kappa shape index (κ2) is 7.57. The van der Waals surface area contributed by atoms with Crippen molar-refractivity contribution < 1.29 is 0 Å². The van der Waals surface area contributed by atoms with E-state index in [0.717, 1.165) is 18.6 Å². The SMILES string of the molecule is CCC1CCC(C)N1C(CN)CCCSC. The van der Waals surface area contributed by atoms with Gasteiger partial charge >= 0.3 is 0 Å². The predicted octanol–water partition coefficient (Wildman–Crippen LogP) is 2.72. The van der Waals surface area contributed by atoms with Crippen molar-refractivity contribution in [3.8, 4) is 0 Å². The average molecular weight is 244 g/mol. The third kappa shape index (κ3) is 3.64. The van der Waals surface area contributed by atoms with Gasteiger partial charge in [0.25, 0.3) is 0 Å². The number of hydrogen-bond donors (Lipinski definition) is 1. The van der Waals surface area contributed by atoms with Gasteiger partial charge in [0.2, 0.25) is 0 Å². The molecule has 2 N–H and O–H groups in total. The van der Waals surface area contributed by atoms with Gasteiger partial charge in [0.05, 0.1) is 0 Å². The summed E-state index contributed by atoms with van der Waals surface area (Å²) in [4.78, 5) is 2.71. The van der Waals surface area contributed by atoms with Crippen molar-refractivity contribution in [3.63, 3.8) is 0 Å². The van der Waals surface area contributed by atoms with Crippen LogP contribution in [0.5, 0.6) is 0 Å².